The molecular formula is C22H34O2. The van der Waals surface area contributed by atoms with Crippen LogP contribution in [0.1, 0.15) is 82.3 Å². The molecule has 1 aromatic rings. The van der Waals surface area contributed by atoms with Gasteiger partial charge < -0.3 is 4.74 Å². The Labute approximate surface area is 148 Å². The third-order valence-electron chi connectivity index (χ3n) is 4.34. The zero-order chi connectivity index (χ0) is 17.5. The molecule has 0 aliphatic carbocycles. The summed E-state index contributed by atoms with van der Waals surface area (Å²) in [6.45, 7) is 2.27. The van der Waals surface area contributed by atoms with Crippen molar-refractivity contribution in [1.82, 2.24) is 0 Å². The third kappa shape index (κ3) is 10.3. The van der Waals surface area contributed by atoms with Crippen LogP contribution in [0.4, 0.5) is 0 Å². The van der Waals surface area contributed by atoms with Crippen LogP contribution in [0.3, 0.4) is 0 Å². The van der Waals surface area contributed by atoms with Gasteiger partial charge >= 0.3 is 5.97 Å². The lowest BCUT2D eigenvalue weighted by atomic mass is 10.0. The normalized spacial score (nSPS) is 11.1. The zero-order valence-electron chi connectivity index (χ0n) is 15.6. The van der Waals surface area contributed by atoms with Gasteiger partial charge in [0.1, 0.15) is 0 Å². The number of hydrogen-bond acceptors (Lipinski definition) is 2. The molecule has 0 atom stereocenters. The van der Waals surface area contributed by atoms with Crippen molar-refractivity contribution < 1.29 is 9.53 Å². The number of carbonyl (C=O) groups excluding carboxylic acids is 1. The highest BCUT2D eigenvalue weighted by atomic mass is 16.5. The van der Waals surface area contributed by atoms with Crippen molar-refractivity contribution in [2.75, 3.05) is 7.11 Å². The minimum atomic E-state index is -0.127. The van der Waals surface area contributed by atoms with Gasteiger partial charge in [0.2, 0.25) is 0 Å². The van der Waals surface area contributed by atoms with Gasteiger partial charge in [-0.15, -0.1) is 0 Å². The minimum Gasteiger partial charge on any atom is -0.469 e. The topological polar surface area (TPSA) is 26.3 Å². The quantitative estimate of drug-likeness (QED) is 0.312. The first-order valence-corrected chi connectivity index (χ1v) is 9.58. The predicted octanol–water partition coefficient (Wildman–Crippen LogP) is 6.34. The number of ether oxygens (including phenoxy) is 1. The molecule has 0 aliphatic heterocycles. The van der Waals surface area contributed by atoms with Crippen molar-refractivity contribution in [1.29, 1.82) is 0 Å². The summed E-state index contributed by atoms with van der Waals surface area (Å²) < 4.78 is 4.63. The number of aryl methyl sites for hydroxylation is 1. The van der Waals surface area contributed by atoms with Gasteiger partial charge in [0.25, 0.3) is 0 Å². The average molecular weight is 331 g/mol. The predicted molar refractivity (Wildman–Crippen MR) is 103 cm³/mol. The standard InChI is InChI=1S/C22H34O2/c1-3-4-5-6-7-8-10-13-20-16-18-21(19-17-20)14-11-9-12-15-22(23)24-2/h11,14,16-19H,3-10,12-13,15H2,1-2H3. The Kier molecular flexibility index (Phi) is 11.8. The van der Waals surface area contributed by atoms with Crippen molar-refractivity contribution >= 4 is 12.0 Å². The average Bonchev–Trinajstić information content (AvgIpc) is 2.61. The summed E-state index contributed by atoms with van der Waals surface area (Å²) in [4.78, 5) is 11.0. The largest absolute Gasteiger partial charge is 0.469 e. The molecular weight excluding hydrogens is 296 g/mol. The van der Waals surface area contributed by atoms with E-state index in [1.54, 1.807) is 0 Å². The molecule has 0 aromatic heterocycles. The van der Waals surface area contributed by atoms with Crippen LogP contribution in [-0.4, -0.2) is 13.1 Å². The first-order valence-electron chi connectivity index (χ1n) is 9.58. The maximum atomic E-state index is 11.0. The highest BCUT2D eigenvalue weighted by Crippen LogP contribution is 2.13. The lowest BCUT2D eigenvalue weighted by Gasteiger charge is -2.03. The van der Waals surface area contributed by atoms with Crippen LogP contribution in [0.5, 0.6) is 0 Å². The Morgan fingerprint density at radius 1 is 0.958 bits per heavy atom. The van der Waals surface area contributed by atoms with E-state index in [-0.39, 0.29) is 5.97 Å². The second-order valence-corrected chi connectivity index (χ2v) is 6.48. The van der Waals surface area contributed by atoms with Crippen molar-refractivity contribution in [3.63, 3.8) is 0 Å². The number of benzene rings is 1. The molecule has 1 rings (SSSR count). The Bertz CT molecular complexity index is 459. The molecule has 0 radical (unpaired) electrons. The van der Waals surface area contributed by atoms with E-state index in [2.05, 4.69) is 48.1 Å². The van der Waals surface area contributed by atoms with Gasteiger partial charge in [-0.05, 0) is 36.8 Å². The van der Waals surface area contributed by atoms with Crippen molar-refractivity contribution in [2.45, 2.75) is 77.6 Å². The zero-order valence-corrected chi connectivity index (χ0v) is 15.6. The van der Waals surface area contributed by atoms with E-state index in [9.17, 15) is 4.79 Å². The van der Waals surface area contributed by atoms with Gasteiger partial charge in [0, 0.05) is 6.42 Å². The van der Waals surface area contributed by atoms with Gasteiger partial charge in [-0.2, -0.15) is 0 Å². The minimum absolute atomic E-state index is 0.127. The molecule has 0 N–H and O–H groups in total. The Morgan fingerprint density at radius 2 is 1.62 bits per heavy atom. The molecule has 0 fully saturated rings. The van der Waals surface area contributed by atoms with E-state index < -0.39 is 0 Å². The van der Waals surface area contributed by atoms with Gasteiger partial charge in [-0.1, -0.05) is 81.9 Å². The molecule has 0 amide bonds. The van der Waals surface area contributed by atoms with Crippen molar-refractivity contribution in [2.24, 2.45) is 0 Å². The van der Waals surface area contributed by atoms with E-state index in [1.807, 2.05) is 0 Å². The molecule has 134 valence electrons. The van der Waals surface area contributed by atoms with Crippen molar-refractivity contribution in [3.8, 4) is 0 Å². The summed E-state index contributed by atoms with van der Waals surface area (Å²) in [5.41, 5.74) is 2.67. The number of unbranched alkanes of at least 4 members (excludes halogenated alkanes) is 7. The lowest BCUT2D eigenvalue weighted by Crippen LogP contribution is -1.98. The summed E-state index contributed by atoms with van der Waals surface area (Å²) in [5.74, 6) is -0.127. The molecule has 0 unspecified atom stereocenters. The van der Waals surface area contributed by atoms with Gasteiger partial charge in [-0.25, -0.2) is 0 Å². The van der Waals surface area contributed by atoms with Gasteiger partial charge in [0.05, 0.1) is 7.11 Å². The second-order valence-electron chi connectivity index (χ2n) is 6.48. The number of rotatable bonds is 13. The van der Waals surface area contributed by atoms with Crippen molar-refractivity contribution in [3.05, 3.63) is 41.5 Å². The summed E-state index contributed by atoms with van der Waals surface area (Å²) in [6.07, 6.45) is 17.3. The molecule has 1 aromatic carbocycles. The molecule has 0 saturated carbocycles. The molecule has 24 heavy (non-hydrogen) atoms. The van der Waals surface area contributed by atoms with Crippen LogP contribution in [0.25, 0.3) is 6.08 Å². The number of allylic oxidation sites excluding steroid dienone is 1. The SMILES string of the molecule is CCCCCCCCCc1ccc(C=CCCCC(=O)OC)cc1. The van der Waals surface area contributed by atoms with Crippen LogP contribution in [0.2, 0.25) is 0 Å². The number of methoxy groups -OCH3 is 1. The molecule has 0 bridgehead atoms. The molecule has 0 spiro atoms. The van der Waals surface area contributed by atoms with Crippen LogP contribution in [0.15, 0.2) is 30.3 Å². The number of hydrogen-bond donors (Lipinski definition) is 0. The van der Waals surface area contributed by atoms with Gasteiger partial charge in [-0.3, -0.25) is 4.79 Å². The molecule has 0 saturated heterocycles. The first-order chi connectivity index (χ1) is 11.8. The van der Waals surface area contributed by atoms with E-state index in [0.29, 0.717) is 6.42 Å². The lowest BCUT2D eigenvalue weighted by molar-refractivity contribution is -0.140. The number of esters is 1. The monoisotopic (exact) mass is 330 g/mol. The summed E-state index contributed by atoms with van der Waals surface area (Å²) >= 11 is 0. The van der Waals surface area contributed by atoms with Crippen LogP contribution < -0.4 is 0 Å². The summed E-state index contributed by atoms with van der Waals surface area (Å²) in [7, 11) is 1.44. The Morgan fingerprint density at radius 3 is 2.29 bits per heavy atom. The van der Waals surface area contributed by atoms with Crippen LogP contribution >= 0.6 is 0 Å². The van der Waals surface area contributed by atoms with E-state index >= 15 is 0 Å². The van der Waals surface area contributed by atoms with Gasteiger partial charge in [0.15, 0.2) is 0 Å². The van der Waals surface area contributed by atoms with E-state index in [4.69, 9.17) is 0 Å². The highest BCUT2D eigenvalue weighted by Gasteiger charge is 1.97. The first kappa shape index (κ1) is 20.5. The third-order valence-corrected chi connectivity index (χ3v) is 4.34. The van der Waals surface area contributed by atoms with Crippen LogP contribution in [0, 0.1) is 0 Å². The molecule has 0 heterocycles. The summed E-state index contributed by atoms with van der Waals surface area (Å²) in [5, 5.41) is 0. The fraction of sp³-hybridized carbons (Fsp3) is 0.591. The maximum absolute atomic E-state index is 11.0. The number of carbonyl (C=O) groups is 1. The molecule has 2 heteroatoms. The van der Waals surface area contributed by atoms with E-state index in [1.165, 1.54) is 69.6 Å². The summed E-state index contributed by atoms with van der Waals surface area (Å²) in [6, 6.07) is 8.86. The maximum Gasteiger partial charge on any atom is 0.305 e. The highest BCUT2D eigenvalue weighted by molar-refractivity contribution is 5.69. The van der Waals surface area contributed by atoms with E-state index in [0.717, 1.165) is 12.8 Å². The molecule has 0 aliphatic rings. The smallest absolute Gasteiger partial charge is 0.305 e. The molecule has 2 nitrogen and oxygen atoms in total. The second kappa shape index (κ2) is 13.8. The Hall–Kier alpha value is -1.57. The fourth-order valence-electron chi connectivity index (χ4n) is 2.77. The Balaban J connectivity index is 2.15. The van der Waals surface area contributed by atoms with Crippen LogP contribution in [-0.2, 0) is 16.0 Å². The fourth-order valence-corrected chi connectivity index (χ4v) is 2.77.